The lowest BCUT2D eigenvalue weighted by Gasteiger charge is -2.14. The third-order valence-corrected chi connectivity index (χ3v) is 10.7. The van der Waals surface area contributed by atoms with Crippen molar-refractivity contribution in [2.45, 2.75) is 39.8 Å². The Hall–Kier alpha value is -4.22. The molecule has 0 bridgehead atoms. The number of benzene rings is 2. The molecular weight excluding hydrogens is 647 g/mol. The maximum Gasteiger partial charge on any atom is 0.276 e. The molecule has 0 saturated carbocycles. The predicted molar refractivity (Wildman–Crippen MR) is 190 cm³/mol. The van der Waals surface area contributed by atoms with Crippen LogP contribution in [0.25, 0.3) is 44.7 Å². The number of aryl methyl sites for hydroxylation is 2. The molecule has 10 nitrogen and oxygen atoms in total. The van der Waals surface area contributed by atoms with E-state index in [1.165, 1.54) is 0 Å². The number of nitrogens with zero attached hydrogens (tertiary/aromatic N) is 6. The van der Waals surface area contributed by atoms with Crippen LogP contribution in [0.3, 0.4) is 0 Å². The average molecular weight is 684 g/mol. The number of rotatable bonds is 7. The van der Waals surface area contributed by atoms with E-state index in [0.717, 1.165) is 61.5 Å². The maximum atomic E-state index is 13.6. The minimum Gasteiger partial charge on any atom is -0.316 e. The lowest BCUT2D eigenvalue weighted by atomic mass is 9.98. The van der Waals surface area contributed by atoms with Crippen LogP contribution in [0, 0.1) is 25.7 Å². The van der Waals surface area contributed by atoms with E-state index in [9.17, 15) is 9.59 Å². The van der Waals surface area contributed by atoms with E-state index in [-0.39, 0.29) is 11.1 Å². The molecule has 0 radical (unpaired) electrons. The zero-order valence-electron chi connectivity index (χ0n) is 26.8. The van der Waals surface area contributed by atoms with Gasteiger partial charge in [0.15, 0.2) is 0 Å². The quantitative estimate of drug-likeness (QED) is 0.232. The van der Waals surface area contributed by atoms with E-state index >= 15 is 0 Å². The van der Waals surface area contributed by atoms with Gasteiger partial charge in [0.1, 0.15) is 11.0 Å². The van der Waals surface area contributed by atoms with Gasteiger partial charge in [0.2, 0.25) is 0 Å². The van der Waals surface area contributed by atoms with E-state index in [2.05, 4.69) is 10.6 Å². The predicted octanol–water partition coefficient (Wildman–Crippen LogP) is 5.45. The average Bonchev–Trinajstić information content (AvgIpc) is 3.90. The fourth-order valence-electron chi connectivity index (χ4n) is 7.24. The van der Waals surface area contributed by atoms with E-state index in [1.54, 1.807) is 9.03 Å². The molecule has 2 aliphatic heterocycles. The Morgan fingerprint density at radius 3 is 1.50 bits per heavy atom. The van der Waals surface area contributed by atoms with Crippen molar-refractivity contribution in [2.75, 3.05) is 26.2 Å². The SMILES string of the molecule is Cc1cn2nc(-c3cccc(-c4cccc(-c5cc6c(=O)n(C[C@H]7CCNC7)c(C)cn6n5)c4Cl)c3Cl)cc2c(=O)n1C[C@H]1CCNC1. The summed E-state index contributed by atoms with van der Waals surface area (Å²) in [5, 5.41) is 17.2. The summed E-state index contributed by atoms with van der Waals surface area (Å²) in [5.41, 5.74) is 6.68. The van der Waals surface area contributed by atoms with Crippen LogP contribution in [-0.2, 0) is 13.1 Å². The summed E-state index contributed by atoms with van der Waals surface area (Å²) in [7, 11) is 0. The molecule has 0 unspecified atom stereocenters. The molecule has 48 heavy (non-hydrogen) atoms. The second-order valence-electron chi connectivity index (χ2n) is 13.1. The second-order valence-corrected chi connectivity index (χ2v) is 13.9. The lowest BCUT2D eigenvalue weighted by molar-refractivity contribution is 0.464. The third kappa shape index (κ3) is 5.37. The van der Waals surface area contributed by atoms with Gasteiger partial charge in [0.05, 0.1) is 21.4 Å². The standard InChI is InChI=1S/C36H36Cl2N8O2/c1-21-17-45-31(35(47)43(21)19-23-9-11-39-15-23)13-29(41-45)27-7-3-5-25(33(27)37)26-6-4-8-28(34(26)38)30-14-32-36(48)44(20-24-10-12-40-16-24)22(2)18-46(32)42-30/h3-8,13-14,17-18,23-24,39-40H,9-12,15-16,19-20H2,1-2H3/t23-,24-/m0/s1. The normalized spacial score (nSPS) is 18.1. The number of halogens is 2. The Bertz CT molecular complexity index is 2160. The van der Waals surface area contributed by atoms with Crippen LogP contribution < -0.4 is 21.8 Å². The molecule has 0 amide bonds. The smallest absolute Gasteiger partial charge is 0.276 e. The summed E-state index contributed by atoms with van der Waals surface area (Å²) in [6.45, 7) is 9.06. The molecule has 6 aromatic rings. The third-order valence-electron chi connectivity index (χ3n) is 9.92. The molecule has 8 rings (SSSR count). The molecule has 0 aliphatic carbocycles. The molecule has 6 heterocycles. The monoisotopic (exact) mass is 682 g/mol. The highest BCUT2D eigenvalue weighted by molar-refractivity contribution is 6.39. The van der Waals surface area contributed by atoms with Crippen molar-refractivity contribution in [2.24, 2.45) is 11.8 Å². The largest absolute Gasteiger partial charge is 0.316 e. The molecule has 2 aliphatic rings. The Morgan fingerprint density at radius 1 is 0.688 bits per heavy atom. The fraction of sp³-hybridized carbons (Fsp3) is 0.333. The van der Waals surface area contributed by atoms with E-state index in [0.29, 0.717) is 68.5 Å². The van der Waals surface area contributed by atoms with Crippen LogP contribution in [0.1, 0.15) is 24.2 Å². The van der Waals surface area contributed by atoms with Gasteiger partial charge in [-0.2, -0.15) is 10.2 Å². The first kappa shape index (κ1) is 31.1. The van der Waals surface area contributed by atoms with Crippen LogP contribution in [0.15, 0.2) is 70.5 Å². The van der Waals surface area contributed by atoms with Crippen LogP contribution in [0.2, 0.25) is 10.0 Å². The highest BCUT2D eigenvalue weighted by atomic mass is 35.5. The summed E-state index contributed by atoms with van der Waals surface area (Å²) in [6, 6.07) is 15.1. The first-order chi connectivity index (χ1) is 23.3. The van der Waals surface area contributed by atoms with Gasteiger partial charge in [0.25, 0.3) is 11.1 Å². The second kappa shape index (κ2) is 12.3. The molecule has 246 valence electrons. The Balaban J connectivity index is 1.16. The fourth-order valence-corrected chi connectivity index (χ4v) is 7.89. The maximum absolute atomic E-state index is 13.6. The van der Waals surface area contributed by atoms with Gasteiger partial charge in [-0.05, 0) is 76.8 Å². The molecule has 0 spiro atoms. The summed E-state index contributed by atoms with van der Waals surface area (Å²) >= 11 is 14.2. The van der Waals surface area contributed by atoms with E-state index in [4.69, 9.17) is 33.4 Å². The van der Waals surface area contributed by atoms with Crippen LogP contribution in [0.5, 0.6) is 0 Å². The van der Waals surface area contributed by atoms with Gasteiger partial charge in [0, 0.05) is 59.1 Å². The summed E-state index contributed by atoms with van der Waals surface area (Å²) < 4.78 is 7.00. The van der Waals surface area contributed by atoms with Gasteiger partial charge >= 0.3 is 0 Å². The zero-order valence-corrected chi connectivity index (χ0v) is 28.4. The number of nitrogens with one attached hydrogen (secondary N) is 2. The number of hydrogen-bond donors (Lipinski definition) is 2. The Morgan fingerprint density at radius 2 is 1.10 bits per heavy atom. The molecule has 2 aromatic carbocycles. The van der Waals surface area contributed by atoms with Crippen molar-refractivity contribution in [3.8, 4) is 33.6 Å². The van der Waals surface area contributed by atoms with Gasteiger partial charge in [-0.15, -0.1) is 0 Å². The van der Waals surface area contributed by atoms with Crippen molar-refractivity contribution in [3.63, 3.8) is 0 Å². The summed E-state index contributed by atoms with van der Waals surface area (Å²) in [4.78, 5) is 27.1. The number of fused-ring (bicyclic) bond motifs is 2. The van der Waals surface area contributed by atoms with Crippen molar-refractivity contribution in [1.29, 1.82) is 0 Å². The number of hydrogen-bond acceptors (Lipinski definition) is 6. The van der Waals surface area contributed by atoms with Crippen LogP contribution in [-0.4, -0.2) is 54.5 Å². The number of aromatic nitrogens is 6. The van der Waals surface area contributed by atoms with E-state index in [1.807, 2.05) is 83.9 Å². The molecule has 2 atom stereocenters. The lowest BCUT2D eigenvalue weighted by Crippen LogP contribution is -2.28. The molecule has 2 saturated heterocycles. The van der Waals surface area contributed by atoms with Crippen molar-refractivity contribution < 1.29 is 0 Å². The molecular formula is C36H36Cl2N8O2. The van der Waals surface area contributed by atoms with E-state index < -0.39 is 0 Å². The molecule has 12 heteroatoms. The highest BCUT2D eigenvalue weighted by Gasteiger charge is 2.22. The minimum absolute atomic E-state index is 0.0615. The van der Waals surface area contributed by atoms with Crippen LogP contribution in [0.4, 0.5) is 0 Å². The van der Waals surface area contributed by atoms with Crippen LogP contribution >= 0.6 is 23.2 Å². The summed E-state index contributed by atoms with van der Waals surface area (Å²) in [5.74, 6) is 0.862. The summed E-state index contributed by atoms with van der Waals surface area (Å²) in [6.07, 6.45) is 5.92. The Labute approximate surface area is 286 Å². The van der Waals surface area contributed by atoms with Gasteiger partial charge in [-0.3, -0.25) is 9.59 Å². The first-order valence-corrected chi connectivity index (χ1v) is 17.2. The van der Waals surface area contributed by atoms with Gasteiger partial charge in [-0.25, -0.2) is 9.03 Å². The topological polar surface area (TPSA) is 103 Å². The zero-order chi connectivity index (χ0) is 33.1. The molecule has 2 N–H and O–H groups in total. The van der Waals surface area contributed by atoms with Gasteiger partial charge in [-0.1, -0.05) is 59.6 Å². The Kier molecular flexibility index (Phi) is 7.99. The van der Waals surface area contributed by atoms with Gasteiger partial charge < -0.3 is 19.8 Å². The molecule has 4 aromatic heterocycles. The minimum atomic E-state index is -0.0615. The van der Waals surface area contributed by atoms with Crippen molar-refractivity contribution in [1.82, 2.24) is 39.0 Å². The van der Waals surface area contributed by atoms with Crippen molar-refractivity contribution in [3.05, 3.63) is 103 Å². The molecule has 2 fully saturated rings. The highest BCUT2D eigenvalue weighted by Crippen LogP contribution is 2.42. The first-order valence-electron chi connectivity index (χ1n) is 16.5. The van der Waals surface area contributed by atoms with Crippen molar-refractivity contribution >= 4 is 34.2 Å².